The molecule has 3 aromatic rings. The van der Waals surface area contributed by atoms with E-state index in [1.807, 2.05) is 11.8 Å². The molecule has 0 bridgehead atoms. The summed E-state index contributed by atoms with van der Waals surface area (Å²) in [6.07, 6.45) is 3.02. The summed E-state index contributed by atoms with van der Waals surface area (Å²) >= 11 is 1.23. The smallest absolute Gasteiger partial charge is 0.273 e. The summed E-state index contributed by atoms with van der Waals surface area (Å²) in [7, 11) is 0. The van der Waals surface area contributed by atoms with Crippen LogP contribution in [0.2, 0.25) is 0 Å². The van der Waals surface area contributed by atoms with E-state index in [-0.39, 0.29) is 29.7 Å². The first-order chi connectivity index (χ1) is 14.9. The van der Waals surface area contributed by atoms with E-state index in [1.165, 1.54) is 22.2 Å². The molecule has 12 heteroatoms. The molecule has 1 aliphatic heterocycles. The quantitative estimate of drug-likeness (QED) is 0.577. The van der Waals surface area contributed by atoms with E-state index in [0.29, 0.717) is 34.3 Å². The highest BCUT2D eigenvalue weighted by Crippen LogP contribution is 2.29. The Labute approximate surface area is 181 Å². The van der Waals surface area contributed by atoms with Crippen LogP contribution in [0.1, 0.15) is 25.5 Å². The van der Waals surface area contributed by atoms with E-state index in [1.54, 1.807) is 13.0 Å². The molecule has 1 aliphatic rings. The third kappa shape index (κ3) is 4.58. The first kappa shape index (κ1) is 21.0. The van der Waals surface area contributed by atoms with Crippen LogP contribution in [0.4, 0.5) is 10.9 Å². The van der Waals surface area contributed by atoms with Gasteiger partial charge < -0.3 is 20.1 Å². The van der Waals surface area contributed by atoms with Crippen molar-refractivity contribution in [1.29, 1.82) is 0 Å². The lowest BCUT2D eigenvalue weighted by molar-refractivity contribution is -0.125. The van der Waals surface area contributed by atoms with Gasteiger partial charge in [-0.25, -0.2) is 4.98 Å². The second kappa shape index (κ2) is 8.84. The summed E-state index contributed by atoms with van der Waals surface area (Å²) in [5, 5.41) is 9.81. The molecule has 164 valence electrons. The Hall–Kier alpha value is -3.28. The predicted molar refractivity (Wildman–Crippen MR) is 115 cm³/mol. The van der Waals surface area contributed by atoms with Gasteiger partial charge in [0, 0.05) is 25.7 Å². The minimum Gasteiger partial charge on any atom is -0.360 e. The van der Waals surface area contributed by atoms with Crippen LogP contribution in [-0.4, -0.2) is 51.1 Å². The van der Waals surface area contributed by atoms with Crippen molar-refractivity contribution >= 4 is 44.4 Å². The number of hydrogen-bond donors (Lipinski definition) is 2. The highest BCUT2D eigenvalue weighted by molar-refractivity contribution is 7.22. The Morgan fingerprint density at radius 2 is 2.23 bits per heavy atom. The van der Waals surface area contributed by atoms with Crippen molar-refractivity contribution in [2.45, 2.75) is 33.2 Å². The molecule has 0 radical (unpaired) electrons. The molecule has 1 fully saturated rings. The Balaban J connectivity index is 1.50. The Morgan fingerprint density at radius 1 is 1.39 bits per heavy atom. The molecule has 0 spiro atoms. The number of rotatable bonds is 6. The minimum absolute atomic E-state index is 0.0436. The molecular formula is C19H23N7O4S. The van der Waals surface area contributed by atoms with Gasteiger partial charge in [0.2, 0.25) is 11.8 Å². The normalized spacial score (nSPS) is 16.5. The van der Waals surface area contributed by atoms with Gasteiger partial charge in [0.25, 0.3) is 5.56 Å². The van der Waals surface area contributed by atoms with Gasteiger partial charge in [0.15, 0.2) is 16.6 Å². The number of carbonyl (C=O) groups is 2. The lowest BCUT2D eigenvalue weighted by atomic mass is 9.97. The van der Waals surface area contributed by atoms with E-state index < -0.39 is 5.91 Å². The lowest BCUT2D eigenvalue weighted by Crippen LogP contribution is -2.43. The van der Waals surface area contributed by atoms with Crippen molar-refractivity contribution in [2.24, 2.45) is 5.92 Å². The van der Waals surface area contributed by atoms with Gasteiger partial charge in [-0.3, -0.25) is 19.0 Å². The van der Waals surface area contributed by atoms with Gasteiger partial charge in [-0.05, 0) is 26.7 Å². The van der Waals surface area contributed by atoms with Crippen LogP contribution >= 0.6 is 11.3 Å². The minimum atomic E-state index is -0.415. The number of aromatic nitrogens is 4. The number of aryl methyl sites for hydroxylation is 1. The largest absolute Gasteiger partial charge is 0.360 e. The molecule has 2 N–H and O–H groups in total. The first-order valence-electron chi connectivity index (χ1n) is 10.1. The third-order valence-electron chi connectivity index (χ3n) is 5.00. The van der Waals surface area contributed by atoms with Crippen LogP contribution in [0.25, 0.3) is 10.3 Å². The highest BCUT2D eigenvalue weighted by atomic mass is 32.1. The molecular weight excluding hydrogens is 422 g/mol. The Bertz CT molecular complexity index is 1170. The number of fused-ring (bicyclic) bond motifs is 1. The maximum absolute atomic E-state index is 12.9. The second-order valence-electron chi connectivity index (χ2n) is 7.38. The summed E-state index contributed by atoms with van der Waals surface area (Å²) in [5.74, 6) is 0.384. The summed E-state index contributed by atoms with van der Waals surface area (Å²) < 4.78 is 6.53. The molecule has 0 aliphatic carbocycles. The molecule has 1 saturated heterocycles. The Morgan fingerprint density at radius 3 is 2.97 bits per heavy atom. The highest BCUT2D eigenvalue weighted by Gasteiger charge is 2.27. The molecule has 31 heavy (non-hydrogen) atoms. The molecule has 4 rings (SSSR count). The Kier molecular flexibility index (Phi) is 5.98. The van der Waals surface area contributed by atoms with E-state index in [2.05, 4.69) is 25.8 Å². The SMILES string of the molecule is CCNC(=O)C1CCCN(c2nc3ncn(CC(=O)Nc4cc(C)on4)c(=O)c3s2)C1. The molecule has 0 saturated carbocycles. The molecule has 3 aromatic heterocycles. The molecule has 11 nitrogen and oxygen atoms in total. The first-order valence-corrected chi connectivity index (χ1v) is 10.9. The van der Waals surface area contributed by atoms with Gasteiger partial charge in [-0.2, -0.15) is 4.98 Å². The van der Waals surface area contributed by atoms with Crippen LogP contribution in [0.15, 0.2) is 21.7 Å². The van der Waals surface area contributed by atoms with Crippen LogP contribution < -0.4 is 21.1 Å². The zero-order chi connectivity index (χ0) is 22.0. The number of piperidine rings is 1. The number of hydrogen-bond acceptors (Lipinski definition) is 9. The van der Waals surface area contributed by atoms with E-state index >= 15 is 0 Å². The summed E-state index contributed by atoms with van der Waals surface area (Å²) in [4.78, 5) is 48.1. The van der Waals surface area contributed by atoms with E-state index in [4.69, 9.17) is 4.52 Å². The zero-order valence-electron chi connectivity index (χ0n) is 17.3. The van der Waals surface area contributed by atoms with Gasteiger partial charge in [0.05, 0.1) is 5.92 Å². The number of carbonyl (C=O) groups excluding carboxylic acids is 2. The second-order valence-corrected chi connectivity index (χ2v) is 8.36. The molecule has 4 heterocycles. The average Bonchev–Trinajstić information content (AvgIpc) is 3.37. The molecule has 0 aromatic carbocycles. The summed E-state index contributed by atoms with van der Waals surface area (Å²) in [5.41, 5.74) is 0.00596. The van der Waals surface area contributed by atoms with Crippen molar-refractivity contribution in [3.05, 3.63) is 28.5 Å². The number of nitrogens with zero attached hydrogens (tertiary/aromatic N) is 5. The number of thiazole rings is 1. The van der Waals surface area contributed by atoms with Crippen LogP contribution in [0, 0.1) is 12.8 Å². The maximum atomic E-state index is 12.9. The van der Waals surface area contributed by atoms with Crippen molar-refractivity contribution in [1.82, 2.24) is 25.0 Å². The van der Waals surface area contributed by atoms with Crippen molar-refractivity contribution < 1.29 is 14.1 Å². The van der Waals surface area contributed by atoms with Gasteiger partial charge in [0.1, 0.15) is 23.3 Å². The number of anilines is 2. The number of nitrogens with one attached hydrogen (secondary N) is 2. The van der Waals surface area contributed by atoms with Crippen LogP contribution in [-0.2, 0) is 16.1 Å². The predicted octanol–water partition coefficient (Wildman–Crippen LogP) is 1.14. The van der Waals surface area contributed by atoms with Crippen LogP contribution in [0.3, 0.4) is 0 Å². The van der Waals surface area contributed by atoms with E-state index in [0.717, 1.165) is 19.4 Å². The standard InChI is InChI=1S/C19H23N7O4S/c1-3-20-17(28)12-5-4-6-25(8-12)19-23-16-15(31-19)18(29)26(10-21-16)9-14(27)22-13-7-11(2)30-24-13/h7,10,12H,3-6,8-9H2,1-2H3,(H,20,28)(H,22,24,27). The summed E-state index contributed by atoms with van der Waals surface area (Å²) in [6.45, 7) is 5.33. The van der Waals surface area contributed by atoms with Gasteiger partial charge in [-0.1, -0.05) is 16.5 Å². The molecule has 1 atom stereocenters. The topological polar surface area (TPSA) is 135 Å². The zero-order valence-corrected chi connectivity index (χ0v) is 18.1. The molecule has 2 amide bonds. The monoisotopic (exact) mass is 445 g/mol. The van der Waals surface area contributed by atoms with Crippen molar-refractivity contribution in [3.8, 4) is 0 Å². The molecule has 1 unspecified atom stereocenters. The maximum Gasteiger partial charge on any atom is 0.273 e. The van der Waals surface area contributed by atoms with Gasteiger partial charge in [-0.15, -0.1) is 0 Å². The fourth-order valence-corrected chi connectivity index (χ4v) is 4.53. The van der Waals surface area contributed by atoms with Crippen molar-refractivity contribution in [3.63, 3.8) is 0 Å². The fraction of sp³-hybridized carbons (Fsp3) is 0.474. The fourth-order valence-electron chi connectivity index (χ4n) is 3.53. The van der Waals surface area contributed by atoms with Gasteiger partial charge >= 0.3 is 0 Å². The summed E-state index contributed by atoms with van der Waals surface area (Å²) in [6, 6.07) is 1.59. The number of amides is 2. The lowest BCUT2D eigenvalue weighted by Gasteiger charge is -2.31. The van der Waals surface area contributed by atoms with E-state index in [9.17, 15) is 14.4 Å². The van der Waals surface area contributed by atoms with Crippen molar-refractivity contribution in [2.75, 3.05) is 29.9 Å². The average molecular weight is 446 g/mol. The third-order valence-corrected chi connectivity index (χ3v) is 6.09. The van der Waals surface area contributed by atoms with Crippen LogP contribution in [0.5, 0.6) is 0 Å².